The Morgan fingerprint density at radius 2 is 1.92 bits per heavy atom. The van der Waals surface area contributed by atoms with E-state index < -0.39 is 24.9 Å². The maximum Gasteiger partial charge on any atom is 0.475 e. The van der Waals surface area contributed by atoms with Gasteiger partial charge in [-0.2, -0.15) is 0 Å². The third-order valence-electron chi connectivity index (χ3n) is 3.11. The summed E-state index contributed by atoms with van der Waals surface area (Å²) in [7, 11) is -1.68. The number of benzene rings is 1. The van der Waals surface area contributed by atoms with Gasteiger partial charge in [0, 0.05) is 4.47 Å². The van der Waals surface area contributed by atoms with E-state index in [1.807, 2.05) is 13.8 Å². The first-order valence-electron chi connectivity index (χ1n) is 7.20. The third-order valence-corrected chi connectivity index (χ3v) is 4.71. The first kappa shape index (κ1) is 21.2. The van der Waals surface area contributed by atoms with Crippen LogP contribution >= 0.6 is 39.1 Å². The quantitative estimate of drug-likeness (QED) is 0.386. The van der Waals surface area contributed by atoms with Crippen LogP contribution in [0.1, 0.15) is 30.6 Å². The SMILES string of the molecule is CC(C)C[C@H](NC(=O)CNC(=O)c1c(Cl)ccc(Br)c1Cl)B(O)O. The summed E-state index contributed by atoms with van der Waals surface area (Å²) >= 11 is 15.2. The van der Waals surface area contributed by atoms with Crippen LogP contribution in [0.4, 0.5) is 0 Å². The summed E-state index contributed by atoms with van der Waals surface area (Å²) in [6.45, 7) is 3.43. The predicted molar refractivity (Wildman–Crippen MR) is 98.1 cm³/mol. The summed E-state index contributed by atoms with van der Waals surface area (Å²) in [5.74, 6) is -1.81. The number of rotatable bonds is 7. The van der Waals surface area contributed by atoms with Gasteiger partial charge in [-0.15, -0.1) is 0 Å². The number of nitrogens with one attached hydrogen (secondary N) is 2. The molecule has 0 bridgehead atoms. The van der Waals surface area contributed by atoms with Crippen molar-refractivity contribution in [3.63, 3.8) is 0 Å². The minimum atomic E-state index is -1.68. The van der Waals surface area contributed by atoms with Crippen molar-refractivity contribution in [2.75, 3.05) is 6.54 Å². The molecular formula is C14H18BBrCl2N2O4. The molecule has 24 heavy (non-hydrogen) atoms. The normalized spacial score (nSPS) is 12.0. The molecule has 4 N–H and O–H groups in total. The van der Waals surface area contributed by atoms with E-state index in [9.17, 15) is 19.6 Å². The van der Waals surface area contributed by atoms with Gasteiger partial charge in [0.1, 0.15) is 0 Å². The van der Waals surface area contributed by atoms with Gasteiger partial charge in [0.2, 0.25) is 5.91 Å². The lowest BCUT2D eigenvalue weighted by atomic mass is 9.75. The van der Waals surface area contributed by atoms with Crippen molar-refractivity contribution < 1.29 is 19.6 Å². The molecule has 0 saturated carbocycles. The fourth-order valence-corrected chi connectivity index (χ4v) is 2.88. The van der Waals surface area contributed by atoms with Crippen molar-refractivity contribution in [1.82, 2.24) is 10.6 Å². The maximum atomic E-state index is 12.2. The zero-order chi connectivity index (χ0) is 18.4. The molecular weight excluding hydrogens is 422 g/mol. The summed E-state index contributed by atoms with van der Waals surface area (Å²) in [6, 6.07) is 3.11. The van der Waals surface area contributed by atoms with Gasteiger partial charge in [-0.25, -0.2) is 0 Å². The van der Waals surface area contributed by atoms with E-state index in [2.05, 4.69) is 26.6 Å². The number of carbonyl (C=O) groups excluding carboxylic acids is 2. The molecule has 0 unspecified atom stereocenters. The van der Waals surface area contributed by atoms with Gasteiger partial charge in [-0.3, -0.25) is 9.59 Å². The molecule has 0 heterocycles. The zero-order valence-electron chi connectivity index (χ0n) is 13.1. The van der Waals surface area contributed by atoms with Crippen LogP contribution in [-0.2, 0) is 4.79 Å². The average molecular weight is 440 g/mol. The molecule has 1 atom stereocenters. The lowest BCUT2D eigenvalue weighted by Crippen LogP contribution is -2.50. The van der Waals surface area contributed by atoms with Crippen molar-refractivity contribution in [1.29, 1.82) is 0 Å². The standard InChI is InChI=1S/C14H18BBrCl2N2O4/c1-7(2)5-10(15(23)24)20-11(21)6-19-14(22)12-9(17)4-3-8(16)13(12)18/h3-4,7,10,23-24H,5-6H2,1-2H3,(H,19,22)(H,20,21)/t10-/m0/s1. The summed E-state index contributed by atoms with van der Waals surface area (Å²) in [5.41, 5.74) is 0.0569. The van der Waals surface area contributed by atoms with E-state index in [4.69, 9.17) is 23.2 Å². The minimum Gasteiger partial charge on any atom is -0.426 e. The van der Waals surface area contributed by atoms with E-state index in [1.165, 1.54) is 6.07 Å². The van der Waals surface area contributed by atoms with Crippen molar-refractivity contribution >= 4 is 58.1 Å². The molecule has 0 aliphatic rings. The van der Waals surface area contributed by atoms with Crippen LogP contribution in [0.25, 0.3) is 0 Å². The van der Waals surface area contributed by atoms with Crippen molar-refractivity contribution in [3.8, 4) is 0 Å². The Kier molecular flexibility index (Phi) is 8.52. The molecule has 2 amide bonds. The Morgan fingerprint density at radius 3 is 2.46 bits per heavy atom. The number of hydrogen-bond acceptors (Lipinski definition) is 4. The monoisotopic (exact) mass is 438 g/mol. The van der Waals surface area contributed by atoms with Gasteiger partial charge >= 0.3 is 7.12 Å². The Labute approximate surface area is 159 Å². The summed E-state index contributed by atoms with van der Waals surface area (Å²) < 4.78 is 0.503. The predicted octanol–water partition coefficient (Wildman–Crippen LogP) is 2.03. The lowest BCUT2D eigenvalue weighted by Gasteiger charge is -2.19. The fourth-order valence-electron chi connectivity index (χ4n) is 2.01. The van der Waals surface area contributed by atoms with Crippen LogP contribution in [0.5, 0.6) is 0 Å². The number of carbonyl (C=O) groups is 2. The Bertz CT molecular complexity index is 617. The van der Waals surface area contributed by atoms with Gasteiger partial charge in [-0.1, -0.05) is 37.0 Å². The fraction of sp³-hybridized carbons (Fsp3) is 0.429. The Morgan fingerprint density at radius 1 is 1.29 bits per heavy atom. The molecule has 1 rings (SSSR count). The van der Waals surface area contributed by atoms with E-state index in [0.29, 0.717) is 10.9 Å². The highest BCUT2D eigenvalue weighted by molar-refractivity contribution is 9.10. The first-order chi connectivity index (χ1) is 11.1. The topological polar surface area (TPSA) is 98.7 Å². The van der Waals surface area contributed by atoms with Gasteiger partial charge in [-0.05, 0) is 40.4 Å². The molecule has 0 aliphatic heterocycles. The van der Waals surface area contributed by atoms with E-state index in [1.54, 1.807) is 6.07 Å². The zero-order valence-corrected chi connectivity index (χ0v) is 16.2. The van der Waals surface area contributed by atoms with E-state index >= 15 is 0 Å². The summed E-state index contributed by atoms with van der Waals surface area (Å²) in [6.07, 6.45) is 0.390. The molecule has 0 aliphatic carbocycles. The van der Waals surface area contributed by atoms with Crippen LogP contribution < -0.4 is 10.6 Å². The van der Waals surface area contributed by atoms with Crippen LogP contribution in [-0.4, -0.2) is 41.5 Å². The van der Waals surface area contributed by atoms with Crippen LogP contribution in [0.2, 0.25) is 10.0 Å². The second-order valence-corrected chi connectivity index (χ2v) is 7.26. The molecule has 0 fully saturated rings. The molecule has 6 nitrogen and oxygen atoms in total. The third kappa shape index (κ3) is 6.25. The van der Waals surface area contributed by atoms with E-state index in [0.717, 1.165) is 0 Å². The summed E-state index contributed by atoms with van der Waals surface area (Å²) in [5, 5.41) is 23.7. The second kappa shape index (κ2) is 9.63. The minimum absolute atomic E-state index is 0.0569. The first-order valence-corrected chi connectivity index (χ1v) is 8.75. The second-order valence-electron chi connectivity index (χ2n) is 5.62. The number of amides is 2. The van der Waals surface area contributed by atoms with Crippen LogP contribution in [0.15, 0.2) is 16.6 Å². The highest BCUT2D eigenvalue weighted by Crippen LogP contribution is 2.31. The molecule has 0 saturated heterocycles. The van der Waals surface area contributed by atoms with E-state index in [-0.39, 0.29) is 28.1 Å². The average Bonchev–Trinajstić information content (AvgIpc) is 2.48. The molecule has 0 radical (unpaired) electrons. The number of halogens is 3. The highest BCUT2D eigenvalue weighted by Gasteiger charge is 2.26. The molecule has 132 valence electrons. The molecule has 0 spiro atoms. The van der Waals surface area contributed by atoms with Crippen molar-refractivity contribution in [2.45, 2.75) is 26.2 Å². The lowest BCUT2D eigenvalue weighted by molar-refractivity contribution is -0.120. The van der Waals surface area contributed by atoms with Gasteiger partial charge in [0.25, 0.3) is 5.91 Å². The van der Waals surface area contributed by atoms with Gasteiger partial charge in [0.15, 0.2) is 0 Å². The largest absolute Gasteiger partial charge is 0.475 e. The van der Waals surface area contributed by atoms with Gasteiger partial charge < -0.3 is 20.7 Å². The van der Waals surface area contributed by atoms with Crippen LogP contribution in [0, 0.1) is 5.92 Å². The van der Waals surface area contributed by atoms with Gasteiger partial charge in [0.05, 0.1) is 28.1 Å². The molecule has 1 aromatic rings. The van der Waals surface area contributed by atoms with Crippen LogP contribution in [0.3, 0.4) is 0 Å². The Balaban J connectivity index is 2.67. The molecule has 10 heteroatoms. The van der Waals surface area contributed by atoms with Crippen molar-refractivity contribution in [3.05, 3.63) is 32.2 Å². The Hall–Kier alpha value is -0.795. The summed E-state index contributed by atoms with van der Waals surface area (Å²) in [4.78, 5) is 24.0. The number of hydrogen-bond donors (Lipinski definition) is 4. The smallest absolute Gasteiger partial charge is 0.426 e. The maximum absolute atomic E-state index is 12.2. The highest BCUT2D eigenvalue weighted by atomic mass is 79.9. The molecule has 0 aromatic heterocycles. The molecule has 1 aromatic carbocycles. The van der Waals surface area contributed by atoms with Crippen molar-refractivity contribution in [2.24, 2.45) is 5.92 Å².